The highest BCUT2D eigenvalue weighted by Crippen LogP contribution is 2.38. The van der Waals surface area contributed by atoms with Crippen LogP contribution in [0.2, 0.25) is 18.1 Å². The molecule has 4 rings (SSSR count). The van der Waals surface area contributed by atoms with Crippen LogP contribution >= 0.6 is 0 Å². The molecule has 2 N–H and O–H groups in total. The number of piperidine rings is 1. The lowest BCUT2D eigenvalue weighted by Crippen LogP contribution is -2.40. The van der Waals surface area contributed by atoms with Gasteiger partial charge in [0.15, 0.2) is 8.32 Å². The van der Waals surface area contributed by atoms with Gasteiger partial charge in [0.05, 0.1) is 19.4 Å². The molecule has 0 bridgehead atoms. The van der Waals surface area contributed by atoms with Gasteiger partial charge in [-0.2, -0.15) is 0 Å². The maximum absolute atomic E-state index is 12.9. The summed E-state index contributed by atoms with van der Waals surface area (Å²) in [4.78, 5) is 28.0. The molecule has 0 spiro atoms. The largest absolute Gasteiger partial charge is 0.496 e. The monoisotopic (exact) mass is 645 g/mol. The lowest BCUT2D eigenvalue weighted by molar-refractivity contribution is -0.116. The van der Waals surface area contributed by atoms with Gasteiger partial charge < -0.3 is 24.1 Å². The summed E-state index contributed by atoms with van der Waals surface area (Å²) >= 11 is 0. The molecule has 9 heteroatoms. The number of carbonyl (C=O) groups is 2. The molecule has 46 heavy (non-hydrogen) atoms. The van der Waals surface area contributed by atoms with Crippen LogP contribution in [-0.4, -0.2) is 58.6 Å². The van der Waals surface area contributed by atoms with Crippen molar-refractivity contribution in [3.63, 3.8) is 0 Å². The highest BCUT2D eigenvalue weighted by atomic mass is 28.4. The van der Waals surface area contributed by atoms with E-state index in [-0.39, 0.29) is 17.0 Å². The van der Waals surface area contributed by atoms with Crippen molar-refractivity contribution in [2.45, 2.75) is 83.7 Å². The maximum Gasteiger partial charge on any atom is 0.411 e. The van der Waals surface area contributed by atoms with Gasteiger partial charge >= 0.3 is 6.09 Å². The fourth-order valence-corrected chi connectivity index (χ4v) is 6.16. The number of nitrogens with zero attached hydrogens (tertiary/aromatic N) is 1. The first kappa shape index (κ1) is 35.2. The van der Waals surface area contributed by atoms with Gasteiger partial charge in [-0.05, 0) is 74.1 Å². The first-order chi connectivity index (χ1) is 21.8. The van der Waals surface area contributed by atoms with Gasteiger partial charge in [-0.15, -0.1) is 0 Å². The molecule has 1 aliphatic heterocycles. The number of rotatable bonds is 12. The lowest BCUT2D eigenvalue weighted by atomic mass is 9.99. The maximum atomic E-state index is 12.9. The van der Waals surface area contributed by atoms with Crippen LogP contribution < -0.4 is 15.4 Å². The average Bonchev–Trinajstić information content (AvgIpc) is 3.01. The predicted molar refractivity (Wildman–Crippen MR) is 189 cm³/mol. The molecule has 1 fully saturated rings. The number of hydrogen-bond donors (Lipinski definition) is 2. The number of ether oxygens (including phenoxy) is 2. The Morgan fingerprint density at radius 3 is 2.35 bits per heavy atom. The van der Waals surface area contributed by atoms with E-state index in [1.807, 2.05) is 60.7 Å². The Morgan fingerprint density at radius 1 is 0.957 bits per heavy atom. The quantitative estimate of drug-likeness (QED) is 0.192. The van der Waals surface area contributed by atoms with Crippen molar-refractivity contribution >= 4 is 31.7 Å². The highest BCUT2D eigenvalue weighted by molar-refractivity contribution is 6.74. The summed E-state index contributed by atoms with van der Waals surface area (Å²) in [5.74, 6) is 0.637. The second-order valence-corrected chi connectivity index (χ2v) is 18.6. The van der Waals surface area contributed by atoms with E-state index in [1.165, 1.54) is 0 Å². The molecule has 1 heterocycles. The Labute approximate surface area is 276 Å². The number of hydrogen-bond acceptors (Lipinski definition) is 6. The standard InChI is InChI=1S/C37H51N3O5Si/c1-37(2,3)46(6,7)44-26-29-17-18-30(25-34(29)43-5)38-35(41)15-11-12-27-16-19-32(28-13-9-8-10-14-28)33(24-27)39-36(42)45-31-20-22-40(4)23-21-31/h8-10,13-14,16-19,24-25,31H,11-12,15,20-23,26H2,1-7H3,(H,38,41)(H,39,42). The van der Waals surface area contributed by atoms with Crippen molar-refractivity contribution in [3.05, 3.63) is 77.9 Å². The Bertz CT molecular complexity index is 1460. The molecule has 0 radical (unpaired) electrons. The Hall–Kier alpha value is -3.66. The zero-order valence-corrected chi connectivity index (χ0v) is 29.6. The van der Waals surface area contributed by atoms with E-state index >= 15 is 0 Å². The topological polar surface area (TPSA) is 89.1 Å². The molecule has 0 aromatic heterocycles. The molecule has 8 nitrogen and oxygen atoms in total. The van der Waals surface area contributed by atoms with Gasteiger partial charge in [-0.3, -0.25) is 10.1 Å². The molecule has 0 unspecified atom stereocenters. The molecular weight excluding hydrogens is 595 g/mol. The van der Waals surface area contributed by atoms with Crippen molar-refractivity contribution < 1.29 is 23.5 Å². The zero-order valence-electron chi connectivity index (χ0n) is 28.6. The van der Waals surface area contributed by atoms with Crippen LogP contribution in [0.15, 0.2) is 66.7 Å². The van der Waals surface area contributed by atoms with Gasteiger partial charge in [0.2, 0.25) is 5.91 Å². The Kier molecular flexibility index (Phi) is 12.1. The van der Waals surface area contributed by atoms with Gasteiger partial charge in [0.1, 0.15) is 11.9 Å². The second-order valence-electron chi connectivity index (χ2n) is 13.8. The molecule has 0 saturated carbocycles. The van der Waals surface area contributed by atoms with Crippen LogP contribution in [0.3, 0.4) is 0 Å². The number of anilines is 2. The van der Waals surface area contributed by atoms with E-state index in [0.29, 0.717) is 43.0 Å². The molecule has 0 atom stereocenters. The minimum Gasteiger partial charge on any atom is -0.496 e. The van der Waals surface area contributed by atoms with Gasteiger partial charge in [0, 0.05) is 42.4 Å². The SMILES string of the molecule is COc1cc(NC(=O)CCCc2ccc(-c3ccccc3)c(NC(=O)OC3CCN(C)CC3)c2)ccc1CO[Si](C)(C)C(C)(C)C. The second kappa shape index (κ2) is 15.8. The summed E-state index contributed by atoms with van der Waals surface area (Å²) in [5, 5.41) is 6.13. The van der Waals surface area contributed by atoms with Crippen molar-refractivity contribution in [2.24, 2.45) is 0 Å². The molecule has 248 valence electrons. The average molecular weight is 646 g/mol. The first-order valence-electron chi connectivity index (χ1n) is 16.3. The van der Waals surface area contributed by atoms with Gasteiger partial charge in [-0.1, -0.05) is 69.3 Å². The number of methoxy groups -OCH3 is 1. The van der Waals surface area contributed by atoms with Crippen LogP contribution in [0.1, 0.15) is 57.6 Å². The number of nitrogens with one attached hydrogen (secondary N) is 2. The highest BCUT2D eigenvalue weighted by Gasteiger charge is 2.37. The third kappa shape index (κ3) is 9.92. The van der Waals surface area contributed by atoms with Crippen molar-refractivity contribution in [1.82, 2.24) is 4.90 Å². The molecule has 3 aromatic carbocycles. The minimum absolute atomic E-state index is 0.0618. The zero-order chi connectivity index (χ0) is 33.3. The first-order valence-corrected chi connectivity index (χ1v) is 19.2. The van der Waals surface area contributed by atoms with Gasteiger partial charge in [0.25, 0.3) is 0 Å². The summed E-state index contributed by atoms with van der Waals surface area (Å²) in [6.07, 6.45) is 2.86. The minimum atomic E-state index is -1.90. The Morgan fingerprint density at radius 2 is 1.67 bits per heavy atom. The number of aryl methyl sites for hydroxylation is 1. The van der Waals surface area contributed by atoms with Crippen LogP contribution in [0.25, 0.3) is 11.1 Å². The van der Waals surface area contributed by atoms with Crippen molar-refractivity contribution in [2.75, 3.05) is 37.9 Å². The third-order valence-corrected chi connectivity index (χ3v) is 13.7. The summed E-state index contributed by atoms with van der Waals surface area (Å²) in [6, 6.07) is 21.8. The van der Waals surface area contributed by atoms with Crippen LogP contribution in [-0.2, 0) is 27.0 Å². The van der Waals surface area contributed by atoms with E-state index in [4.69, 9.17) is 13.9 Å². The number of likely N-dealkylation sites (tertiary alicyclic amines) is 1. The molecule has 2 amide bonds. The van der Waals surface area contributed by atoms with Crippen LogP contribution in [0, 0.1) is 0 Å². The molecule has 0 aliphatic carbocycles. The number of carbonyl (C=O) groups excluding carboxylic acids is 2. The van der Waals surface area contributed by atoms with E-state index in [0.717, 1.165) is 48.2 Å². The summed E-state index contributed by atoms with van der Waals surface area (Å²) in [6.45, 7) is 13.4. The summed E-state index contributed by atoms with van der Waals surface area (Å²) in [5.41, 5.74) is 5.33. The number of amides is 2. The molecule has 3 aromatic rings. The van der Waals surface area contributed by atoms with Crippen LogP contribution in [0.5, 0.6) is 5.75 Å². The fourth-order valence-electron chi connectivity index (χ4n) is 5.21. The third-order valence-electron chi connectivity index (χ3n) is 9.18. The van der Waals surface area contributed by atoms with E-state index in [2.05, 4.69) is 62.5 Å². The van der Waals surface area contributed by atoms with E-state index < -0.39 is 14.4 Å². The summed E-state index contributed by atoms with van der Waals surface area (Å²) in [7, 11) is 1.81. The molecule has 1 saturated heterocycles. The lowest BCUT2D eigenvalue weighted by Gasteiger charge is -2.36. The van der Waals surface area contributed by atoms with E-state index in [9.17, 15) is 9.59 Å². The van der Waals surface area contributed by atoms with Crippen molar-refractivity contribution in [1.29, 1.82) is 0 Å². The number of benzene rings is 3. The van der Waals surface area contributed by atoms with E-state index in [1.54, 1.807) is 7.11 Å². The Balaban J connectivity index is 1.34. The predicted octanol–water partition coefficient (Wildman–Crippen LogP) is 8.49. The van der Waals surface area contributed by atoms with Gasteiger partial charge in [-0.25, -0.2) is 4.79 Å². The fraction of sp³-hybridized carbons (Fsp3) is 0.459. The molecular formula is C37H51N3O5Si. The summed E-state index contributed by atoms with van der Waals surface area (Å²) < 4.78 is 17.8. The molecule has 1 aliphatic rings. The van der Waals surface area contributed by atoms with Crippen molar-refractivity contribution in [3.8, 4) is 16.9 Å². The normalized spacial score (nSPS) is 14.5. The smallest absolute Gasteiger partial charge is 0.411 e. The van der Waals surface area contributed by atoms with Crippen LogP contribution in [0.4, 0.5) is 16.2 Å².